The van der Waals surface area contributed by atoms with Crippen molar-refractivity contribution in [2.24, 2.45) is 0 Å². The fraction of sp³-hybridized carbons (Fsp3) is 0.118. The highest BCUT2D eigenvalue weighted by molar-refractivity contribution is 7.99. The standard InChI is InChI=1S/C17H13FN4O3S/c18-12-4-2-1-3-11(12)16-20-17(22-21-16)26-8-15(23)19-10-5-6-13-14(7-10)25-9-24-13/h1-7H,8-9H2,(H,19,23)(H,20,21,22). The van der Waals surface area contributed by atoms with Crippen LogP contribution in [0.5, 0.6) is 11.5 Å². The molecule has 0 spiro atoms. The van der Waals surface area contributed by atoms with Gasteiger partial charge in [0.1, 0.15) is 5.82 Å². The lowest BCUT2D eigenvalue weighted by atomic mass is 10.2. The Morgan fingerprint density at radius 3 is 2.96 bits per heavy atom. The number of aromatic amines is 1. The van der Waals surface area contributed by atoms with E-state index in [4.69, 9.17) is 9.47 Å². The van der Waals surface area contributed by atoms with Gasteiger partial charge in [0, 0.05) is 11.8 Å². The number of aromatic nitrogens is 3. The number of rotatable bonds is 5. The van der Waals surface area contributed by atoms with Gasteiger partial charge in [0.2, 0.25) is 17.9 Å². The monoisotopic (exact) mass is 372 g/mol. The molecule has 7 nitrogen and oxygen atoms in total. The van der Waals surface area contributed by atoms with E-state index in [0.717, 1.165) is 11.8 Å². The van der Waals surface area contributed by atoms with Gasteiger partial charge >= 0.3 is 0 Å². The Balaban J connectivity index is 1.36. The molecule has 1 aliphatic rings. The molecule has 0 aliphatic carbocycles. The predicted octanol–water partition coefficient (Wildman–Crippen LogP) is 3.07. The molecule has 0 saturated heterocycles. The van der Waals surface area contributed by atoms with E-state index in [0.29, 0.717) is 33.7 Å². The van der Waals surface area contributed by atoms with Crippen molar-refractivity contribution in [3.05, 3.63) is 48.3 Å². The number of thioether (sulfide) groups is 1. The third kappa shape index (κ3) is 3.47. The van der Waals surface area contributed by atoms with E-state index in [1.165, 1.54) is 6.07 Å². The van der Waals surface area contributed by atoms with Crippen molar-refractivity contribution >= 4 is 23.4 Å². The molecule has 1 aliphatic heterocycles. The summed E-state index contributed by atoms with van der Waals surface area (Å²) >= 11 is 1.15. The number of anilines is 1. The zero-order valence-electron chi connectivity index (χ0n) is 13.4. The molecule has 0 saturated carbocycles. The number of nitrogens with one attached hydrogen (secondary N) is 2. The number of hydrogen-bond donors (Lipinski definition) is 2. The van der Waals surface area contributed by atoms with Crippen molar-refractivity contribution in [2.45, 2.75) is 5.16 Å². The van der Waals surface area contributed by atoms with Crippen molar-refractivity contribution < 1.29 is 18.7 Å². The SMILES string of the molecule is O=C(CSc1n[nH]c(-c2ccccc2F)n1)Nc1ccc2c(c1)OCO2. The van der Waals surface area contributed by atoms with Gasteiger partial charge in [-0.25, -0.2) is 9.37 Å². The largest absolute Gasteiger partial charge is 0.454 e. The van der Waals surface area contributed by atoms with Crippen LogP contribution in [-0.4, -0.2) is 33.6 Å². The Labute approximate surface area is 151 Å². The number of benzene rings is 2. The molecule has 1 aromatic heterocycles. The molecule has 0 fully saturated rings. The number of carbonyl (C=O) groups is 1. The smallest absolute Gasteiger partial charge is 0.234 e. The van der Waals surface area contributed by atoms with Crippen molar-refractivity contribution in [3.8, 4) is 22.9 Å². The van der Waals surface area contributed by atoms with Gasteiger partial charge in [-0.3, -0.25) is 9.89 Å². The highest BCUT2D eigenvalue weighted by atomic mass is 32.2. The zero-order valence-corrected chi connectivity index (χ0v) is 14.2. The van der Waals surface area contributed by atoms with E-state index in [2.05, 4.69) is 20.5 Å². The summed E-state index contributed by atoms with van der Waals surface area (Å²) < 4.78 is 24.3. The van der Waals surface area contributed by atoms with Crippen LogP contribution in [0.3, 0.4) is 0 Å². The van der Waals surface area contributed by atoms with Crippen LogP contribution in [0.1, 0.15) is 0 Å². The summed E-state index contributed by atoms with van der Waals surface area (Å²) in [6, 6.07) is 11.5. The van der Waals surface area contributed by atoms with Gasteiger partial charge in [0.15, 0.2) is 17.3 Å². The number of hydrogen-bond acceptors (Lipinski definition) is 6. The van der Waals surface area contributed by atoms with Gasteiger partial charge in [-0.15, -0.1) is 5.10 Å². The molecule has 0 radical (unpaired) electrons. The van der Waals surface area contributed by atoms with Crippen LogP contribution in [0.15, 0.2) is 47.6 Å². The quantitative estimate of drug-likeness (QED) is 0.669. The van der Waals surface area contributed by atoms with Gasteiger partial charge in [-0.05, 0) is 24.3 Å². The minimum Gasteiger partial charge on any atom is -0.454 e. The minimum atomic E-state index is -0.388. The lowest BCUT2D eigenvalue weighted by molar-refractivity contribution is -0.113. The van der Waals surface area contributed by atoms with Crippen LogP contribution in [0.4, 0.5) is 10.1 Å². The summed E-state index contributed by atoms with van der Waals surface area (Å²) in [5.41, 5.74) is 0.943. The van der Waals surface area contributed by atoms with Crippen molar-refractivity contribution in [1.29, 1.82) is 0 Å². The number of H-pyrrole nitrogens is 1. The Kier molecular flexibility index (Phi) is 4.44. The lowest BCUT2D eigenvalue weighted by Gasteiger charge is -2.05. The van der Waals surface area contributed by atoms with E-state index < -0.39 is 0 Å². The lowest BCUT2D eigenvalue weighted by Crippen LogP contribution is -2.14. The van der Waals surface area contributed by atoms with Crippen LogP contribution in [0, 0.1) is 5.82 Å². The second-order valence-electron chi connectivity index (χ2n) is 5.35. The van der Waals surface area contributed by atoms with Gasteiger partial charge in [0.25, 0.3) is 0 Å². The number of halogens is 1. The molecular weight excluding hydrogens is 359 g/mol. The predicted molar refractivity (Wildman–Crippen MR) is 93.7 cm³/mol. The van der Waals surface area contributed by atoms with Crippen LogP contribution in [0.25, 0.3) is 11.4 Å². The molecule has 132 valence electrons. The molecule has 2 N–H and O–H groups in total. The summed E-state index contributed by atoms with van der Waals surface area (Å²) in [6.07, 6.45) is 0. The van der Waals surface area contributed by atoms with Crippen LogP contribution in [-0.2, 0) is 4.79 Å². The average molecular weight is 372 g/mol. The first-order valence-electron chi connectivity index (χ1n) is 7.68. The van der Waals surface area contributed by atoms with Crippen LogP contribution < -0.4 is 14.8 Å². The maximum Gasteiger partial charge on any atom is 0.234 e. The molecule has 4 rings (SSSR count). The number of nitrogens with zero attached hydrogens (tertiary/aromatic N) is 2. The minimum absolute atomic E-state index is 0.114. The molecule has 3 aromatic rings. The molecular formula is C17H13FN4O3S. The number of fused-ring (bicyclic) bond motifs is 1. The fourth-order valence-electron chi connectivity index (χ4n) is 2.39. The molecule has 9 heteroatoms. The summed E-state index contributed by atoms with van der Waals surface area (Å²) in [5.74, 6) is 1.08. The van der Waals surface area contributed by atoms with Crippen molar-refractivity contribution in [3.63, 3.8) is 0 Å². The highest BCUT2D eigenvalue weighted by Gasteiger charge is 2.15. The van der Waals surface area contributed by atoms with Crippen LogP contribution in [0.2, 0.25) is 0 Å². The number of carbonyl (C=O) groups excluding carboxylic acids is 1. The first-order valence-corrected chi connectivity index (χ1v) is 8.67. The average Bonchev–Trinajstić information content (AvgIpc) is 3.29. The van der Waals surface area contributed by atoms with E-state index in [1.54, 1.807) is 36.4 Å². The maximum atomic E-state index is 13.8. The van der Waals surface area contributed by atoms with Gasteiger partial charge < -0.3 is 14.8 Å². The Hall–Kier alpha value is -3.07. The molecule has 0 atom stereocenters. The summed E-state index contributed by atoms with van der Waals surface area (Å²) in [6.45, 7) is 0.178. The number of ether oxygens (including phenoxy) is 2. The van der Waals surface area contributed by atoms with Crippen molar-refractivity contribution in [2.75, 3.05) is 17.9 Å². The van der Waals surface area contributed by atoms with Gasteiger partial charge in [0.05, 0.1) is 11.3 Å². The normalized spacial score (nSPS) is 12.2. The van der Waals surface area contributed by atoms with Gasteiger partial charge in [-0.1, -0.05) is 23.9 Å². The third-order valence-electron chi connectivity index (χ3n) is 3.58. The second kappa shape index (κ2) is 7.04. The Morgan fingerprint density at radius 2 is 2.08 bits per heavy atom. The molecule has 26 heavy (non-hydrogen) atoms. The zero-order chi connectivity index (χ0) is 17.9. The molecule has 0 unspecified atom stereocenters. The van der Waals surface area contributed by atoms with Crippen LogP contribution >= 0.6 is 11.8 Å². The van der Waals surface area contributed by atoms with E-state index in [-0.39, 0.29) is 24.3 Å². The summed E-state index contributed by atoms with van der Waals surface area (Å²) in [5, 5.41) is 9.82. The fourth-order valence-corrected chi connectivity index (χ4v) is 2.98. The third-order valence-corrected chi connectivity index (χ3v) is 4.43. The van der Waals surface area contributed by atoms with E-state index >= 15 is 0 Å². The Bertz CT molecular complexity index is 963. The van der Waals surface area contributed by atoms with Gasteiger partial charge in [-0.2, -0.15) is 0 Å². The molecule has 0 bridgehead atoms. The van der Waals surface area contributed by atoms with E-state index in [9.17, 15) is 9.18 Å². The highest BCUT2D eigenvalue weighted by Crippen LogP contribution is 2.34. The first kappa shape index (κ1) is 16.4. The molecule has 2 aromatic carbocycles. The van der Waals surface area contributed by atoms with Crippen molar-refractivity contribution in [1.82, 2.24) is 15.2 Å². The summed E-state index contributed by atoms with van der Waals surface area (Å²) in [7, 11) is 0. The Morgan fingerprint density at radius 1 is 1.23 bits per heavy atom. The molecule has 1 amide bonds. The first-order chi connectivity index (χ1) is 12.7. The molecule has 2 heterocycles. The topological polar surface area (TPSA) is 89.1 Å². The summed E-state index contributed by atoms with van der Waals surface area (Å²) in [4.78, 5) is 16.3. The van der Waals surface area contributed by atoms with E-state index in [1.807, 2.05) is 0 Å². The number of amides is 1. The maximum absolute atomic E-state index is 13.8. The second-order valence-corrected chi connectivity index (χ2v) is 6.29.